The Labute approximate surface area is 234 Å². The molecule has 1 saturated heterocycles. The standard InChI is InChI=1S/C33H46O6/c1-4-5-6-7-8-9-10-11-12-19-24-33(32(34)36-3)30(38-26-28-22-17-14-18-23-28)29(31(35-2)39-33)37-25-27-20-15-13-16-21-27/h12-23,29-31H,4-11,24-26H2,1-3H3/b19-12+/t29-,30-,31-,33+/m0/s1. The van der Waals surface area contributed by atoms with Crippen molar-refractivity contribution in [3.05, 3.63) is 83.9 Å². The molecule has 6 heteroatoms. The number of rotatable bonds is 18. The summed E-state index contributed by atoms with van der Waals surface area (Å²) in [7, 11) is 2.94. The van der Waals surface area contributed by atoms with Crippen LogP contribution < -0.4 is 0 Å². The number of hydrogen-bond donors (Lipinski definition) is 0. The Morgan fingerprint density at radius 3 is 2.00 bits per heavy atom. The maximum Gasteiger partial charge on any atom is 0.341 e. The van der Waals surface area contributed by atoms with Crippen LogP contribution in [0, 0.1) is 0 Å². The molecule has 1 aliphatic heterocycles. The second-order valence-corrected chi connectivity index (χ2v) is 10.2. The van der Waals surface area contributed by atoms with Crippen LogP contribution in [0.4, 0.5) is 0 Å². The summed E-state index contributed by atoms with van der Waals surface area (Å²) in [5, 5.41) is 0. The largest absolute Gasteiger partial charge is 0.467 e. The number of methoxy groups -OCH3 is 2. The molecule has 0 amide bonds. The van der Waals surface area contributed by atoms with Gasteiger partial charge < -0.3 is 23.7 Å². The Hall–Kier alpha value is -2.51. The third-order valence-corrected chi connectivity index (χ3v) is 7.24. The van der Waals surface area contributed by atoms with Gasteiger partial charge in [-0.2, -0.15) is 0 Å². The predicted molar refractivity (Wildman–Crippen MR) is 153 cm³/mol. The predicted octanol–water partition coefficient (Wildman–Crippen LogP) is 7.16. The van der Waals surface area contributed by atoms with E-state index in [1.807, 2.05) is 66.7 Å². The summed E-state index contributed by atoms with van der Waals surface area (Å²) in [5.74, 6) is -0.492. The molecule has 4 atom stereocenters. The smallest absolute Gasteiger partial charge is 0.341 e. The molecule has 0 N–H and O–H groups in total. The van der Waals surface area contributed by atoms with E-state index in [1.165, 1.54) is 45.6 Å². The third-order valence-electron chi connectivity index (χ3n) is 7.24. The van der Waals surface area contributed by atoms with Gasteiger partial charge >= 0.3 is 5.97 Å². The lowest BCUT2D eigenvalue weighted by Crippen LogP contribution is -2.52. The average molecular weight is 539 g/mol. The Balaban J connectivity index is 1.73. The van der Waals surface area contributed by atoms with E-state index in [2.05, 4.69) is 13.0 Å². The van der Waals surface area contributed by atoms with Gasteiger partial charge in [0, 0.05) is 13.5 Å². The summed E-state index contributed by atoms with van der Waals surface area (Å²) in [4.78, 5) is 13.4. The van der Waals surface area contributed by atoms with Crippen molar-refractivity contribution < 1.29 is 28.5 Å². The van der Waals surface area contributed by atoms with Crippen LogP contribution in [0.15, 0.2) is 72.8 Å². The van der Waals surface area contributed by atoms with Crippen LogP contribution in [0.5, 0.6) is 0 Å². The maximum absolute atomic E-state index is 13.4. The molecule has 2 aromatic carbocycles. The van der Waals surface area contributed by atoms with E-state index < -0.39 is 30.1 Å². The van der Waals surface area contributed by atoms with Gasteiger partial charge in [0.15, 0.2) is 11.9 Å². The van der Waals surface area contributed by atoms with Gasteiger partial charge in [-0.25, -0.2) is 4.79 Å². The zero-order valence-electron chi connectivity index (χ0n) is 23.9. The summed E-state index contributed by atoms with van der Waals surface area (Å²) >= 11 is 0. The third kappa shape index (κ3) is 9.28. The second kappa shape index (κ2) is 17.2. The Morgan fingerprint density at radius 2 is 1.41 bits per heavy atom. The van der Waals surface area contributed by atoms with E-state index in [9.17, 15) is 4.79 Å². The number of benzene rings is 2. The lowest BCUT2D eigenvalue weighted by Gasteiger charge is -2.31. The van der Waals surface area contributed by atoms with Crippen molar-refractivity contribution in [2.45, 2.75) is 102 Å². The summed E-state index contributed by atoms with van der Waals surface area (Å²) in [6, 6.07) is 19.8. The van der Waals surface area contributed by atoms with Crippen LogP contribution in [0.3, 0.4) is 0 Å². The topological polar surface area (TPSA) is 63.2 Å². The van der Waals surface area contributed by atoms with E-state index in [0.717, 1.165) is 24.0 Å². The molecule has 0 unspecified atom stereocenters. The average Bonchev–Trinajstić information content (AvgIpc) is 3.29. The molecule has 0 aromatic heterocycles. The second-order valence-electron chi connectivity index (χ2n) is 10.2. The maximum atomic E-state index is 13.4. The molecule has 0 aliphatic carbocycles. The van der Waals surface area contributed by atoms with Gasteiger partial charge in [0.25, 0.3) is 0 Å². The Morgan fingerprint density at radius 1 is 0.821 bits per heavy atom. The first kappa shape index (κ1) is 31.0. The minimum absolute atomic E-state index is 0.303. The van der Waals surface area contributed by atoms with E-state index in [-0.39, 0.29) is 0 Å². The Kier molecular flexibility index (Phi) is 13.7. The molecule has 2 aromatic rings. The molecule has 214 valence electrons. The molecule has 6 nitrogen and oxygen atoms in total. The first-order valence-corrected chi connectivity index (χ1v) is 14.4. The first-order chi connectivity index (χ1) is 19.1. The lowest BCUT2D eigenvalue weighted by atomic mass is 9.90. The van der Waals surface area contributed by atoms with Gasteiger partial charge in [-0.3, -0.25) is 0 Å². The zero-order valence-corrected chi connectivity index (χ0v) is 23.9. The van der Waals surface area contributed by atoms with Crippen LogP contribution in [0.2, 0.25) is 0 Å². The van der Waals surface area contributed by atoms with Crippen LogP contribution in [0.25, 0.3) is 0 Å². The molecular formula is C33H46O6. The van der Waals surface area contributed by atoms with Crippen molar-refractivity contribution in [1.29, 1.82) is 0 Å². The highest BCUT2D eigenvalue weighted by atomic mass is 16.7. The zero-order chi connectivity index (χ0) is 27.8. The van der Waals surface area contributed by atoms with Gasteiger partial charge in [0.05, 0.1) is 20.3 Å². The van der Waals surface area contributed by atoms with Crippen molar-refractivity contribution >= 4 is 5.97 Å². The molecule has 3 rings (SSSR count). The number of unbranched alkanes of at least 4 members (excludes halogenated alkanes) is 7. The highest BCUT2D eigenvalue weighted by molar-refractivity contribution is 5.81. The van der Waals surface area contributed by atoms with Crippen LogP contribution >= 0.6 is 0 Å². The van der Waals surface area contributed by atoms with Crippen molar-refractivity contribution in [1.82, 2.24) is 0 Å². The van der Waals surface area contributed by atoms with Gasteiger partial charge in [0.2, 0.25) is 0 Å². The fourth-order valence-corrected chi connectivity index (χ4v) is 5.03. The quantitative estimate of drug-likeness (QED) is 0.114. The number of allylic oxidation sites excluding steroid dienone is 1. The number of carbonyl (C=O) groups is 1. The van der Waals surface area contributed by atoms with E-state index in [0.29, 0.717) is 19.6 Å². The number of esters is 1. The van der Waals surface area contributed by atoms with E-state index in [4.69, 9.17) is 23.7 Å². The first-order valence-electron chi connectivity index (χ1n) is 14.4. The number of carbonyl (C=O) groups excluding carboxylic acids is 1. The van der Waals surface area contributed by atoms with Crippen LogP contribution in [-0.4, -0.2) is 44.3 Å². The van der Waals surface area contributed by atoms with Gasteiger partial charge in [0.1, 0.15) is 12.2 Å². The SMILES string of the molecule is CCCCCCCCC/C=C/C[C@@]1(C(=O)OC)O[C@H](OC)[C@@H](OCc2ccccc2)[C@@H]1OCc1ccccc1. The molecule has 0 spiro atoms. The van der Waals surface area contributed by atoms with Crippen molar-refractivity contribution in [3.63, 3.8) is 0 Å². The fraction of sp³-hybridized carbons (Fsp3) is 0.545. The molecule has 1 heterocycles. The highest BCUT2D eigenvalue weighted by Crippen LogP contribution is 2.40. The van der Waals surface area contributed by atoms with Gasteiger partial charge in [-0.1, -0.05) is 118 Å². The summed E-state index contributed by atoms with van der Waals surface area (Å²) in [6.07, 6.45) is 12.1. The Bertz CT molecular complexity index is 963. The molecule has 0 saturated carbocycles. The fourth-order valence-electron chi connectivity index (χ4n) is 5.03. The molecule has 0 bridgehead atoms. The number of hydrogen-bond acceptors (Lipinski definition) is 6. The van der Waals surface area contributed by atoms with Gasteiger partial charge in [-0.05, 0) is 24.0 Å². The molecule has 0 radical (unpaired) electrons. The van der Waals surface area contributed by atoms with Gasteiger partial charge in [-0.15, -0.1) is 0 Å². The van der Waals surface area contributed by atoms with Crippen LogP contribution in [0.1, 0.15) is 75.8 Å². The monoisotopic (exact) mass is 538 g/mol. The van der Waals surface area contributed by atoms with E-state index >= 15 is 0 Å². The summed E-state index contributed by atoms with van der Waals surface area (Å²) in [6.45, 7) is 2.88. The van der Waals surface area contributed by atoms with Crippen molar-refractivity contribution in [3.8, 4) is 0 Å². The van der Waals surface area contributed by atoms with Crippen molar-refractivity contribution in [2.75, 3.05) is 14.2 Å². The van der Waals surface area contributed by atoms with Crippen LogP contribution in [-0.2, 0) is 41.7 Å². The minimum Gasteiger partial charge on any atom is -0.467 e. The molecule has 39 heavy (non-hydrogen) atoms. The van der Waals surface area contributed by atoms with Crippen molar-refractivity contribution in [2.24, 2.45) is 0 Å². The lowest BCUT2D eigenvalue weighted by molar-refractivity contribution is -0.204. The summed E-state index contributed by atoms with van der Waals surface area (Å²) < 4.78 is 30.1. The normalized spacial score (nSPS) is 22.9. The summed E-state index contributed by atoms with van der Waals surface area (Å²) in [5.41, 5.74) is 0.620. The molecule has 1 fully saturated rings. The number of ether oxygens (including phenoxy) is 5. The molecule has 1 aliphatic rings. The minimum atomic E-state index is -1.39. The van der Waals surface area contributed by atoms with E-state index in [1.54, 1.807) is 7.11 Å². The highest BCUT2D eigenvalue weighted by Gasteiger charge is 2.61. The molecular weight excluding hydrogens is 492 g/mol.